The highest BCUT2D eigenvalue weighted by atomic mass is 15.2. The van der Waals surface area contributed by atoms with E-state index in [1.165, 1.54) is 11.1 Å². The summed E-state index contributed by atoms with van der Waals surface area (Å²) >= 11 is 0. The van der Waals surface area contributed by atoms with Crippen molar-refractivity contribution in [2.45, 2.75) is 32.2 Å². The van der Waals surface area contributed by atoms with Crippen LogP contribution in [0.4, 0.5) is 0 Å². The average Bonchev–Trinajstić information content (AvgIpc) is 2.57. The molecule has 0 aliphatic heterocycles. The van der Waals surface area contributed by atoms with Gasteiger partial charge in [0.2, 0.25) is 0 Å². The molecule has 2 aromatic rings. The molecule has 118 valence electrons. The molecule has 0 saturated heterocycles. The van der Waals surface area contributed by atoms with E-state index >= 15 is 0 Å². The van der Waals surface area contributed by atoms with Crippen LogP contribution in [0.2, 0.25) is 0 Å². The lowest BCUT2D eigenvalue weighted by molar-refractivity contribution is 0.105. The van der Waals surface area contributed by atoms with Crippen LogP contribution in [0.1, 0.15) is 25.0 Å². The number of nitrogens with zero attached hydrogens (tertiary/aromatic N) is 1. The van der Waals surface area contributed by atoms with Gasteiger partial charge in [-0.25, -0.2) is 0 Å². The zero-order chi connectivity index (χ0) is 15.8. The van der Waals surface area contributed by atoms with Crippen LogP contribution in [-0.4, -0.2) is 30.1 Å². The zero-order valence-electron chi connectivity index (χ0n) is 13.8. The van der Waals surface area contributed by atoms with E-state index in [0.29, 0.717) is 6.54 Å². The van der Waals surface area contributed by atoms with Crippen molar-refractivity contribution in [1.82, 2.24) is 4.90 Å². The van der Waals surface area contributed by atoms with Gasteiger partial charge in [0.15, 0.2) is 0 Å². The normalized spacial score (nSPS) is 11.8. The van der Waals surface area contributed by atoms with E-state index in [4.69, 9.17) is 5.73 Å². The first-order chi connectivity index (χ1) is 10.7. The Hall–Kier alpha value is -1.64. The van der Waals surface area contributed by atoms with E-state index in [2.05, 4.69) is 79.4 Å². The Morgan fingerprint density at radius 1 is 0.773 bits per heavy atom. The molecule has 0 amide bonds. The molecule has 0 heterocycles. The van der Waals surface area contributed by atoms with Crippen molar-refractivity contribution in [2.24, 2.45) is 5.73 Å². The first-order valence-electron chi connectivity index (χ1n) is 8.27. The summed E-state index contributed by atoms with van der Waals surface area (Å²) in [6.07, 6.45) is 1.97. The van der Waals surface area contributed by atoms with Gasteiger partial charge >= 0.3 is 0 Å². The Bertz CT molecular complexity index is 491. The van der Waals surface area contributed by atoms with Gasteiger partial charge in [0, 0.05) is 12.1 Å². The fraction of sp³-hybridized carbons (Fsp3) is 0.400. The molecule has 0 atom stereocenters. The van der Waals surface area contributed by atoms with Crippen molar-refractivity contribution >= 4 is 0 Å². The number of benzene rings is 2. The Morgan fingerprint density at radius 2 is 1.18 bits per heavy atom. The molecule has 22 heavy (non-hydrogen) atoms. The minimum Gasteiger partial charge on any atom is -0.329 e. The van der Waals surface area contributed by atoms with Crippen LogP contribution in [-0.2, 0) is 12.8 Å². The van der Waals surface area contributed by atoms with E-state index in [1.807, 2.05) is 0 Å². The largest absolute Gasteiger partial charge is 0.329 e. The quantitative estimate of drug-likeness (QED) is 0.807. The Kier molecular flexibility index (Phi) is 6.17. The van der Waals surface area contributed by atoms with Crippen molar-refractivity contribution in [1.29, 1.82) is 0 Å². The molecule has 0 radical (unpaired) electrons. The van der Waals surface area contributed by atoms with E-state index in [9.17, 15) is 0 Å². The van der Waals surface area contributed by atoms with Crippen LogP contribution < -0.4 is 5.73 Å². The van der Waals surface area contributed by atoms with Gasteiger partial charge in [0.25, 0.3) is 0 Å². The lowest BCUT2D eigenvalue weighted by Gasteiger charge is -2.43. The Labute approximate surface area is 135 Å². The van der Waals surface area contributed by atoms with Gasteiger partial charge in [-0.05, 0) is 37.1 Å². The molecule has 0 aliphatic carbocycles. The van der Waals surface area contributed by atoms with Gasteiger partial charge < -0.3 is 5.73 Å². The third-order valence-corrected chi connectivity index (χ3v) is 4.57. The lowest BCUT2D eigenvalue weighted by Crippen LogP contribution is -2.57. The Morgan fingerprint density at radius 3 is 1.50 bits per heavy atom. The Balaban J connectivity index is 2.33. The minimum absolute atomic E-state index is 0.0216. The van der Waals surface area contributed by atoms with E-state index in [0.717, 1.165) is 25.9 Å². The smallest absolute Gasteiger partial charge is 0.0411 e. The lowest BCUT2D eigenvalue weighted by atomic mass is 9.83. The number of likely N-dealkylation sites (N-methyl/N-ethyl adjacent to an activating group) is 1. The summed E-state index contributed by atoms with van der Waals surface area (Å²) < 4.78 is 0. The van der Waals surface area contributed by atoms with Crippen LogP contribution in [0.3, 0.4) is 0 Å². The zero-order valence-corrected chi connectivity index (χ0v) is 13.8. The maximum atomic E-state index is 6.31. The average molecular weight is 296 g/mol. The van der Waals surface area contributed by atoms with E-state index < -0.39 is 0 Å². The molecule has 2 aromatic carbocycles. The second kappa shape index (κ2) is 8.11. The summed E-state index contributed by atoms with van der Waals surface area (Å²) in [6, 6.07) is 21.4. The van der Waals surface area contributed by atoms with Gasteiger partial charge in [-0.15, -0.1) is 0 Å². The molecule has 2 nitrogen and oxygen atoms in total. The van der Waals surface area contributed by atoms with Crippen molar-refractivity contribution < 1.29 is 0 Å². The fourth-order valence-corrected chi connectivity index (χ4v) is 3.41. The third kappa shape index (κ3) is 3.96. The number of nitrogens with two attached hydrogens (primary N) is 1. The molecule has 0 fully saturated rings. The molecular formula is C20H28N2. The second-order valence-corrected chi connectivity index (χ2v) is 5.93. The summed E-state index contributed by atoms with van der Waals surface area (Å²) in [5, 5.41) is 0. The summed E-state index contributed by atoms with van der Waals surface area (Å²) in [5.74, 6) is 0. The molecule has 2 heteroatoms. The molecule has 0 unspecified atom stereocenters. The molecule has 0 saturated carbocycles. The maximum Gasteiger partial charge on any atom is 0.0411 e. The highest BCUT2D eigenvalue weighted by molar-refractivity contribution is 5.23. The topological polar surface area (TPSA) is 29.3 Å². The SMILES string of the molecule is CCN(CC)C(CN)(Cc1ccccc1)Cc1ccccc1. The van der Waals surface area contributed by atoms with Gasteiger partial charge in [0.1, 0.15) is 0 Å². The molecular weight excluding hydrogens is 268 g/mol. The predicted molar refractivity (Wildman–Crippen MR) is 95.0 cm³/mol. The van der Waals surface area contributed by atoms with Crippen molar-refractivity contribution in [3.63, 3.8) is 0 Å². The van der Waals surface area contributed by atoms with Gasteiger partial charge in [-0.3, -0.25) is 4.90 Å². The highest BCUT2D eigenvalue weighted by Gasteiger charge is 2.34. The van der Waals surface area contributed by atoms with Crippen LogP contribution in [0.15, 0.2) is 60.7 Å². The molecule has 2 rings (SSSR count). The first kappa shape index (κ1) is 16.7. The second-order valence-electron chi connectivity index (χ2n) is 5.93. The van der Waals surface area contributed by atoms with Crippen LogP contribution in [0, 0.1) is 0 Å². The fourth-order valence-electron chi connectivity index (χ4n) is 3.41. The molecule has 0 bridgehead atoms. The van der Waals surface area contributed by atoms with Gasteiger partial charge in [0.05, 0.1) is 0 Å². The van der Waals surface area contributed by atoms with Crippen molar-refractivity contribution in [3.8, 4) is 0 Å². The van der Waals surface area contributed by atoms with Crippen molar-refractivity contribution in [3.05, 3.63) is 71.8 Å². The van der Waals surface area contributed by atoms with E-state index in [1.54, 1.807) is 0 Å². The van der Waals surface area contributed by atoms with Gasteiger partial charge in [-0.1, -0.05) is 74.5 Å². The number of hydrogen-bond acceptors (Lipinski definition) is 2. The van der Waals surface area contributed by atoms with Crippen LogP contribution in [0.5, 0.6) is 0 Å². The summed E-state index contributed by atoms with van der Waals surface area (Å²) in [4.78, 5) is 2.52. The number of hydrogen-bond donors (Lipinski definition) is 1. The van der Waals surface area contributed by atoms with Crippen molar-refractivity contribution in [2.75, 3.05) is 19.6 Å². The first-order valence-corrected chi connectivity index (χ1v) is 8.27. The molecule has 2 N–H and O–H groups in total. The maximum absolute atomic E-state index is 6.31. The minimum atomic E-state index is -0.0216. The van der Waals surface area contributed by atoms with Crippen LogP contribution >= 0.6 is 0 Å². The number of rotatable bonds is 8. The summed E-state index contributed by atoms with van der Waals surface area (Å²) in [5.41, 5.74) is 9.01. The highest BCUT2D eigenvalue weighted by Crippen LogP contribution is 2.25. The van der Waals surface area contributed by atoms with E-state index in [-0.39, 0.29) is 5.54 Å². The predicted octanol–water partition coefficient (Wildman–Crippen LogP) is 3.51. The van der Waals surface area contributed by atoms with Gasteiger partial charge in [-0.2, -0.15) is 0 Å². The molecule has 0 aliphatic rings. The molecule has 0 aromatic heterocycles. The standard InChI is InChI=1S/C20H28N2/c1-3-22(4-2)20(17-21,15-18-11-7-5-8-12-18)16-19-13-9-6-10-14-19/h5-14H,3-4,15-17,21H2,1-2H3. The third-order valence-electron chi connectivity index (χ3n) is 4.57. The monoisotopic (exact) mass is 296 g/mol. The molecule has 0 spiro atoms. The summed E-state index contributed by atoms with van der Waals surface area (Å²) in [6.45, 7) is 7.16. The summed E-state index contributed by atoms with van der Waals surface area (Å²) in [7, 11) is 0. The van der Waals surface area contributed by atoms with Crippen LogP contribution in [0.25, 0.3) is 0 Å².